The molecule has 7 nitrogen and oxygen atoms in total. The molecule has 0 fully saturated rings. The first-order chi connectivity index (χ1) is 13.1. The minimum absolute atomic E-state index is 0.222. The lowest BCUT2D eigenvalue weighted by Crippen LogP contribution is -2.14. The van der Waals surface area contributed by atoms with Gasteiger partial charge in [0.1, 0.15) is 5.82 Å². The first-order valence-electron chi connectivity index (χ1n) is 8.31. The molecule has 0 unspecified atom stereocenters. The molecule has 2 N–H and O–H groups in total. The molecule has 1 aromatic carbocycles. The SMILES string of the molecule is CCOC(=O)Nc1cc(F)c(C)c(Nc2nccc(-c3cccnc3)n2)c1. The van der Waals surface area contributed by atoms with E-state index in [2.05, 4.69) is 25.6 Å². The Kier molecular flexibility index (Phi) is 5.55. The fourth-order valence-corrected chi connectivity index (χ4v) is 2.38. The number of benzene rings is 1. The molecule has 3 aromatic rings. The maximum Gasteiger partial charge on any atom is 0.411 e. The third-order valence-electron chi connectivity index (χ3n) is 3.73. The Hall–Kier alpha value is -3.55. The standard InChI is InChI=1S/C19H18FN5O2/c1-3-27-19(26)23-14-9-15(20)12(2)17(10-14)25-18-22-8-6-16(24-18)13-5-4-7-21-11-13/h4-11H,3H2,1-2H3,(H,23,26)(H,22,24,25). The molecule has 0 radical (unpaired) electrons. The van der Waals surface area contributed by atoms with E-state index >= 15 is 0 Å². The first-order valence-corrected chi connectivity index (χ1v) is 8.31. The van der Waals surface area contributed by atoms with E-state index in [4.69, 9.17) is 4.74 Å². The number of carbonyl (C=O) groups is 1. The summed E-state index contributed by atoms with van der Waals surface area (Å²) in [4.78, 5) is 24.3. The van der Waals surface area contributed by atoms with Gasteiger partial charge in [-0.15, -0.1) is 0 Å². The summed E-state index contributed by atoms with van der Waals surface area (Å²) < 4.78 is 19.1. The van der Waals surface area contributed by atoms with Gasteiger partial charge in [0.05, 0.1) is 12.3 Å². The molecular formula is C19H18FN5O2. The maximum absolute atomic E-state index is 14.2. The smallest absolute Gasteiger partial charge is 0.411 e. The lowest BCUT2D eigenvalue weighted by atomic mass is 10.1. The highest BCUT2D eigenvalue weighted by Crippen LogP contribution is 2.26. The Morgan fingerprint density at radius 1 is 1.26 bits per heavy atom. The zero-order valence-corrected chi connectivity index (χ0v) is 14.9. The van der Waals surface area contributed by atoms with E-state index in [-0.39, 0.29) is 12.3 Å². The van der Waals surface area contributed by atoms with Gasteiger partial charge in [-0.25, -0.2) is 19.2 Å². The van der Waals surface area contributed by atoms with Gasteiger partial charge in [-0.2, -0.15) is 0 Å². The molecule has 0 saturated carbocycles. The fourth-order valence-electron chi connectivity index (χ4n) is 2.38. The van der Waals surface area contributed by atoms with Crippen LogP contribution in [0, 0.1) is 12.7 Å². The van der Waals surface area contributed by atoms with Crippen molar-refractivity contribution < 1.29 is 13.9 Å². The van der Waals surface area contributed by atoms with Crippen molar-refractivity contribution in [1.82, 2.24) is 15.0 Å². The van der Waals surface area contributed by atoms with Crippen LogP contribution in [-0.2, 0) is 4.74 Å². The van der Waals surface area contributed by atoms with Gasteiger partial charge in [-0.3, -0.25) is 10.3 Å². The highest BCUT2D eigenvalue weighted by Gasteiger charge is 2.11. The number of carbonyl (C=O) groups excluding carboxylic acids is 1. The van der Waals surface area contributed by atoms with Gasteiger partial charge in [0.25, 0.3) is 0 Å². The van der Waals surface area contributed by atoms with Gasteiger partial charge in [0.15, 0.2) is 0 Å². The highest BCUT2D eigenvalue weighted by molar-refractivity contribution is 5.86. The van der Waals surface area contributed by atoms with Crippen LogP contribution in [0.5, 0.6) is 0 Å². The average Bonchev–Trinajstić information content (AvgIpc) is 2.67. The minimum Gasteiger partial charge on any atom is -0.450 e. The molecule has 0 aliphatic heterocycles. The van der Waals surface area contributed by atoms with E-state index in [1.807, 2.05) is 12.1 Å². The first kappa shape index (κ1) is 18.2. The third kappa shape index (κ3) is 4.55. The van der Waals surface area contributed by atoms with Gasteiger partial charge in [0, 0.05) is 41.1 Å². The number of halogens is 1. The highest BCUT2D eigenvalue weighted by atomic mass is 19.1. The van der Waals surface area contributed by atoms with E-state index in [1.54, 1.807) is 44.6 Å². The summed E-state index contributed by atoms with van der Waals surface area (Å²) in [5, 5.41) is 5.48. The quantitative estimate of drug-likeness (QED) is 0.699. The molecule has 0 aliphatic rings. The number of nitrogens with one attached hydrogen (secondary N) is 2. The van der Waals surface area contributed by atoms with Crippen LogP contribution in [-0.4, -0.2) is 27.7 Å². The number of aromatic nitrogens is 3. The molecule has 2 aromatic heterocycles. The van der Waals surface area contributed by atoms with Crippen molar-refractivity contribution in [3.8, 4) is 11.3 Å². The molecule has 3 rings (SSSR count). The van der Waals surface area contributed by atoms with Gasteiger partial charge < -0.3 is 10.1 Å². The molecule has 27 heavy (non-hydrogen) atoms. The summed E-state index contributed by atoms with van der Waals surface area (Å²) in [5.41, 5.74) is 2.59. The van der Waals surface area contributed by atoms with Crippen LogP contribution in [0.15, 0.2) is 48.9 Å². The number of pyridine rings is 1. The van der Waals surface area contributed by atoms with Crippen molar-refractivity contribution in [2.45, 2.75) is 13.8 Å². The summed E-state index contributed by atoms with van der Waals surface area (Å²) in [6, 6.07) is 8.27. The summed E-state index contributed by atoms with van der Waals surface area (Å²) in [5.74, 6) is -0.178. The Balaban J connectivity index is 1.87. The second-order valence-corrected chi connectivity index (χ2v) is 5.61. The summed E-state index contributed by atoms with van der Waals surface area (Å²) in [6.45, 7) is 3.53. The number of hydrogen-bond donors (Lipinski definition) is 2. The third-order valence-corrected chi connectivity index (χ3v) is 3.73. The largest absolute Gasteiger partial charge is 0.450 e. The zero-order chi connectivity index (χ0) is 19.2. The van der Waals surface area contributed by atoms with Crippen molar-refractivity contribution in [2.24, 2.45) is 0 Å². The number of nitrogens with zero attached hydrogens (tertiary/aromatic N) is 3. The fraction of sp³-hybridized carbons (Fsp3) is 0.158. The molecule has 138 valence electrons. The van der Waals surface area contributed by atoms with Gasteiger partial charge >= 0.3 is 6.09 Å². The van der Waals surface area contributed by atoms with E-state index in [9.17, 15) is 9.18 Å². The summed E-state index contributed by atoms with van der Waals surface area (Å²) in [7, 11) is 0. The van der Waals surface area contributed by atoms with Crippen LogP contribution in [0.4, 0.5) is 26.5 Å². The van der Waals surface area contributed by atoms with Gasteiger partial charge in [0.2, 0.25) is 5.95 Å². The predicted molar refractivity (Wildman–Crippen MR) is 100 cm³/mol. The van der Waals surface area contributed by atoms with E-state index in [0.29, 0.717) is 22.9 Å². The molecule has 8 heteroatoms. The average molecular weight is 367 g/mol. The Labute approximate surface area is 155 Å². The lowest BCUT2D eigenvalue weighted by Gasteiger charge is -2.13. The van der Waals surface area contributed by atoms with Crippen molar-refractivity contribution in [2.75, 3.05) is 17.2 Å². The number of amides is 1. The summed E-state index contributed by atoms with van der Waals surface area (Å²) >= 11 is 0. The Bertz CT molecular complexity index is 950. The normalized spacial score (nSPS) is 10.3. The number of hydrogen-bond acceptors (Lipinski definition) is 6. The van der Waals surface area contributed by atoms with Crippen molar-refractivity contribution >= 4 is 23.4 Å². The van der Waals surface area contributed by atoms with Gasteiger partial charge in [-0.1, -0.05) is 0 Å². The van der Waals surface area contributed by atoms with E-state index < -0.39 is 11.9 Å². The molecule has 1 amide bonds. The Morgan fingerprint density at radius 3 is 2.85 bits per heavy atom. The molecular weight excluding hydrogens is 349 g/mol. The topological polar surface area (TPSA) is 89.0 Å². The predicted octanol–water partition coefficient (Wildman–Crippen LogP) is 4.30. The van der Waals surface area contributed by atoms with Crippen LogP contribution in [0.3, 0.4) is 0 Å². The molecule has 0 bridgehead atoms. The monoisotopic (exact) mass is 367 g/mol. The number of ether oxygens (including phenoxy) is 1. The number of rotatable bonds is 5. The molecule has 0 atom stereocenters. The van der Waals surface area contributed by atoms with Crippen LogP contribution in [0.25, 0.3) is 11.3 Å². The number of anilines is 3. The van der Waals surface area contributed by atoms with Crippen LogP contribution in [0.1, 0.15) is 12.5 Å². The maximum atomic E-state index is 14.2. The van der Waals surface area contributed by atoms with Gasteiger partial charge in [-0.05, 0) is 44.2 Å². The van der Waals surface area contributed by atoms with E-state index in [1.165, 1.54) is 6.07 Å². The summed E-state index contributed by atoms with van der Waals surface area (Å²) in [6.07, 6.45) is 4.32. The van der Waals surface area contributed by atoms with E-state index in [0.717, 1.165) is 5.56 Å². The van der Waals surface area contributed by atoms with Crippen molar-refractivity contribution in [3.63, 3.8) is 0 Å². The molecule has 2 heterocycles. The molecule has 0 spiro atoms. The van der Waals surface area contributed by atoms with Crippen LogP contribution >= 0.6 is 0 Å². The lowest BCUT2D eigenvalue weighted by molar-refractivity contribution is 0.168. The van der Waals surface area contributed by atoms with Crippen molar-refractivity contribution in [1.29, 1.82) is 0 Å². The molecule has 0 saturated heterocycles. The Morgan fingerprint density at radius 2 is 2.11 bits per heavy atom. The molecule has 0 aliphatic carbocycles. The van der Waals surface area contributed by atoms with Crippen LogP contribution in [0.2, 0.25) is 0 Å². The zero-order valence-electron chi connectivity index (χ0n) is 14.9. The van der Waals surface area contributed by atoms with Crippen LogP contribution < -0.4 is 10.6 Å². The second kappa shape index (κ2) is 8.22. The second-order valence-electron chi connectivity index (χ2n) is 5.61. The minimum atomic E-state index is -0.651. The van der Waals surface area contributed by atoms with Crippen molar-refractivity contribution in [3.05, 3.63) is 60.3 Å².